The number of hydrogen-bond donors (Lipinski definition) is 1. The van der Waals surface area contributed by atoms with Crippen LogP contribution in [0, 0.1) is 0 Å². The molecule has 0 radical (unpaired) electrons. The van der Waals surface area contributed by atoms with Gasteiger partial charge in [0, 0.05) is 28.5 Å². The average molecular weight is 423 g/mol. The Balaban J connectivity index is 1.93. The van der Waals surface area contributed by atoms with Crippen molar-refractivity contribution in [2.45, 2.75) is 13.3 Å². The molecule has 1 amide bonds. The van der Waals surface area contributed by atoms with Crippen LogP contribution in [-0.2, 0) is 13.5 Å². The number of carbonyl (C=O) groups is 1. The fourth-order valence-corrected chi connectivity index (χ4v) is 3.94. The topological polar surface area (TPSA) is 34.0 Å². The number of anilines is 1. The molecule has 4 rings (SSSR count). The van der Waals surface area contributed by atoms with Crippen molar-refractivity contribution < 1.29 is 4.79 Å². The van der Waals surface area contributed by atoms with Crippen molar-refractivity contribution in [1.82, 2.24) is 4.57 Å². The number of para-hydroxylation sites is 1. The molecule has 0 aliphatic rings. The van der Waals surface area contributed by atoms with E-state index in [0.29, 0.717) is 21.4 Å². The van der Waals surface area contributed by atoms with Gasteiger partial charge >= 0.3 is 0 Å². The van der Waals surface area contributed by atoms with Crippen molar-refractivity contribution in [3.8, 4) is 11.1 Å². The summed E-state index contributed by atoms with van der Waals surface area (Å²) < 4.78 is 1.94. The lowest BCUT2D eigenvalue weighted by Crippen LogP contribution is -2.16. The van der Waals surface area contributed by atoms with E-state index in [-0.39, 0.29) is 5.91 Å². The third-order valence-corrected chi connectivity index (χ3v) is 5.72. The van der Waals surface area contributed by atoms with Crippen LogP contribution in [0.4, 0.5) is 5.69 Å². The minimum atomic E-state index is -0.209. The second kappa shape index (κ2) is 7.94. The van der Waals surface area contributed by atoms with Crippen LogP contribution in [0.15, 0.2) is 66.7 Å². The molecule has 0 unspecified atom stereocenters. The molecule has 29 heavy (non-hydrogen) atoms. The molecule has 1 heterocycles. The van der Waals surface area contributed by atoms with Crippen LogP contribution >= 0.6 is 23.2 Å². The van der Waals surface area contributed by atoms with Crippen molar-refractivity contribution in [2.24, 2.45) is 7.05 Å². The van der Waals surface area contributed by atoms with E-state index in [9.17, 15) is 4.79 Å². The minimum Gasteiger partial charge on any atom is -0.339 e. The summed E-state index contributed by atoms with van der Waals surface area (Å²) in [5.41, 5.74) is 5.21. The van der Waals surface area contributed by atoms with Crippen LogP contribution in [0.3, 0.4) is 0 Å². The van der Waals surface area contributed by atoms with E-state index in [1.807, 2.05) is 48.0 Å². The SMILES string of the molecule is CCc1ccc2c(c1)c(-c1ccc(Cl)cc1)c(C(=O)Nc1ccccc1Cl)n2C. The molecule has 0 saturated carbocycles. The number of fused-ring (bicyclic) bond motifs is 1. The number of carbonyl (C=O) groups excluding carboxylic acids is 1. The molecular formula is C24H20Cl2N2O. The summed E-state index contributed by atoms with van der Waals surface area (Å²) >= 11 is 12.4. The second-order valence-electron chi connectivity index (χ2n) is 6.93. The number of aryl methyl sites for hydroxylation is 2. The highest BCUT2D eigenvalue weighted by Crippen LogP contribution is 2.36. The van der Waals surface area contributed by atoms with Gasteiger partial charge in [0.2, 0.25) is 0 Å². The standard InChI is InChI=1S/C24H20Cl2N2O/c1-3-15-8-13-21-18(14-15)22(16-9-11-17(25)12-10-16)23(28(21)2)24(29)27-20-7-5-4-6-19(20)26/h4-14H,3H2,1-2H3,(H,27,29). The Bertz CT molecular complexity index is 1210. The Morgan fingerprint density at radius 1 is 1.00 bits per heavy atom. The summed E-state index contributed by atoms with van der Waals surface area (Å²) in [5.74, 6) is -0.209. The van der Waals surface area contributed by atoms with E-state index in [1.165, 1.54) is 5.56 Å². The molecule has 0 aliphatic carbocycles. The fourth-order valence-electron chi connectivity index (χ4n) is 3.63. The summed E-state index contributed by atoms with van der Waals surface area (Å²) in [4.78, 5) is 13.4. The molecule has 5 heteroatoms. The number of rotatable bonds is 4. The maximum absolute atomic E-state index is 13.4. The van der Waals surface area contributed by atoms with Gasteiger partial charge in [-0.05, 0) is 53.9 Å². The maximum atomic E-state index is 13.4. The largest absolute Gasteiger partial charge is 0.339 e. The molecule has 0 aliphatic heterocycles. The van der Waals surface area contributed by atoms with Crippen LogP contribution < -0.4 is 5.32 Å². The van der Waals surface area contributed by atoms with Gasteiger partial charge < -0.3 is 9.88 Å². The van der Waals surface area contributed by atoms with Crippen LogP contribution in [0.5, 0.6) is 0 Å². The molecule has 0 fully saturated rings. The molecule has 146 valence electrons. The lowest BCUT2D eigenvalue weighted by Gasteiger charge is -2.11. The quantitative estimate of drug-likeness (QED) is 0.378. The zero-order valence-corrected chi connectivity index (χ0v) is 17.7. The Hall–Kier alpha value is -2.75. The van der Waals surface area contributed by atoms with E-state index in [4.69, 9.17) is 23.2 Å². The van der Waals surface area contributed by atoms with Gasteiger partial charge in [0.1, 0.15) is 5.69 Å². The van der Waals surface area contributed by atoms with Crippen molar-refractivity contribution in [1.29, 1.82) is 0 Å². The summed E-state index contributed by atoms with van der Waals surface area (Å²) in [5, 5.41) is 5.16. The van der Waals surface area contributed by atoms with E-state index in [2.05, 4.69) is 30.4 Å². The van der Waals surface area contributed by atoms with Gasteiger partial charge in [0.05, 0.1) is 10.7 Å². The van der Waals surface area contributed by atoms with Crippen LogP contribution in [0.1, 0.15) is 23.0 Å². The molecule has 3 aromatic carbocycles. The third kappa shape index (κ3) is 3.64. The Morgan fingerprint density at radius 2 is 1.72 bits per heavy atom. The number of halogens is 2. The summed E-state index contributed by atoms with van der Waals surface area (Å²) in [6.07, 6.45) is 0.923. The number of nitrogens with zero attached hydrogens (tertiary/aromatic N) is 1. The van der Waals surface area contributed by atoms with Gasteiger partial charge in [-0.1, -0.05) is 60.5 Å². The molecular weight excluding hydrogens is 403 g/mol. The first-order valence-electron chi connectivity index (χ1n) is 9.42. The number of aromatic nitrogens is 1. The van der Waals surface area contributed by atoms with Gasteiger partial charge in [0.15, 0.2) is 0 Å². The van der Waals surface area contributed by atoms with Crippen molar-refractivity contribution in [3.63, 3.8) is 0 Å². The van der Waals surface area contributed by atoms with E-state index in [1.54, 1.807) is 12.1 Å². The molecule has 0 spiro atoms. The summed E-state index contributed by atoms with van der Waals surface area (Å²) in [7, 11) is 1.91. The van der Waals surface area contributed by atoms with Gasteiger partial charge in [0.25, 0.3) is 5.91 Å². The van der Waals surface area contributed by atoms with Crippen LogP contribution in [0.25, 0.3) is 22.0 Å². The first kappa shape index (κ1) is 19.6. The number of hydrogen-bond acceptors (Lipinski definition) is 1. The zero-order valence-electron chi connectivity index (χ0n) is 16.2. The highest BCUT2D eigenvalue weighted by atomic mass is 35.5. The molecule has 0 saturated heterocycles. The predicted molar refractivity (Wildman–Crippen MR) is 122 cm³/mol. The molecule has 0 bridgehead atoms. The third-order valence-electron chi connectivity index (χ3n) is 5.14. The van der Waals surface area contributed by atoms with Gasteiger partial charge in [-0.25, -0.2) is 0 Å². The predicted octanol–water partition coefficient (Wildman–Crippen LogP) is 6.97. The molecule has 1 N–H and O–H groups in total. The van der Waals surface area contributed by atoms with Crippen molar-refractivity contribution in [3.05, 3.63) is 88.0 Å². The normalized spacial score (nSPS) is 11.0. The van der Waals surface area contributed by atoms with Crippen molar-refractivity contribution in [2.75, 3.05) is 5.32 Å². The highest BCUT2D eigenvalue weighted by Gasteiger charge is 2.23. The van der Waals surface area contributed by atoms with Crippen LogP contribution in [-0.4, -0.2) is 10.5 Å². The summed E-state index contributed by atoms with van der Waals surface area (Å²) in [6, 6.07) is 21.1. The lowest BCUT2D eigenvalue weighted by atomic mass is 9.99. The molecule has 4 aromatic rings. The van der Waals surface area contributed by atoms with Gasteiger partial charge in [-0.2, -0.15) is 0 Å². The lowest BCUT2D eigenvalue weighted by molar-refractivity contribution is 0.102. The monoisotopic (exact) mass is 422 g/mol. The van der Waals surface area contributed by atoms with E-state index >= 15 is 0 Å². The van der Waals surface area contributed by atoms with Gasteiger partial charge in [-0.15, -0.1) is 0 Å². The van der Waals surface area contributed by atoms with E-state index in [0.717, 1.165) is 28.5 Å². The average Bonchev–Trinajstić information content (AvgIpc) is 3.02. The maximum Gasteiger partial charge on any atom is 0.273 e. The van der Waals surface area contributed by atoms with Crippen LogP contribution in [0.2, 0.25) is 10.0 Å². The molecule has 0 atom stereocenters. The first-order valence-corrected chi connectivity index (χ1v) is 10.2. The number of benzene rings is 3. The van der Waals surface area contributed by atoms with Crippen molar-refractivity contribution >= 4 is 45.7 Å². The summed E-state index contributed by atoms with van der Waals surface area (Å²) in [6.45, 7) is 2.12. The highest BCUT2D eigenvalue weighted by molar-refractivity contribution is 6.34. The fraction of sp³-hybridized carbons (Fsp3) is 0.125. The first-order chi connectivity index (χ1) is 14.0. The zero-order chi connectivity index (χ0) is 20.5. The smallest absolute Gasteiger partial charge is 0.273 e. The molecule has 3 nitrogen and oxygen atoms in total. The Morgan fingerprint density at radius 3 is 2.41 bits per heavy atom. The Labute approximate surface area is 179 Å². The number of amides is 1. The second-order valence-corrected chi connectivity index (χ2v) is 7.77. The Kier molecular flexibility index (Phi) is 5.35. The van der Waals surface area contributed by atoms with Gasteiger partial charge in [-0.3, -0.25) is 4.79 Å². The molecule has 1 aromatic heterocycles. The number of nitrogens with one attached hydrogen (secondary N) is 1. The minimum absolute atomic E-state index is 0.209. The van der Waals surface area contributed by atoms with E-state index < -0.39 is 0 Å².